The number of ether oxygens (including phenoxy) is 1. The van der Waals surface area contributed by atoms with Gasteiger partial charge in [-0.1, -0.05) is 19.6 Å². The number of fused-ring (bicyclic) bond motifs is 1. The van der Waals surface area contributed by atoms with Crippen LogP contribution in [0.5, 0.6) is 5.75 Å². The molecule has 0 saturated heterocycles. The number of nitrogens with zero attached hydrogens (tertiary/aromatic N) is 3. The van der Waals surface area contributed by atoms with Gasteiger partial charge in [-0.2, -0.15) is 5.10 Å². The number of amidine groups is 1. The predicted octanol–water partition coefficient (Wildman–Crippen LogP) is 2.55. The summed E-state index contributed by atoms with van der Waals surface area (Å²) in [7, 11) is 1.60. The first-order chi connectivity index (χ1) is 10.6. The van der Waals surface area contributed by atoms with Gasteiger partial charge in [-0.05, 0) is 23.8 Å². The van der Waals surface area contributed by atoms with Gasteiger partial charge in [0.1, 0.15) is 23.1 Å². The SMILES string of the molecule is C.COc1ccc(Cn2nc(C(=N)N)c3cc(F)cnc32)cc1. The maximum Gasteiger partial charge on any atom is 0.159 e. The second-order valence-corrected chi connectivity index (χ2v) is 4.79. The molecule has 0 aliphatic rings. The average Bonchev–Trinajstić information content (AvgIpc) is 2.86. The molecule has 0 spiro atoms. The van der Waals surface area contributed by atoms with E-state index in [1.54, 1.807) is 11.8 Å². The van der Waals surface area contributed by atoms with Crippen LogP contribution in [-0.2, 0) is 6.54 Å². The third-order valence-corrected chi connectivity index (χ3v) is 3.30. The van der Waals surface area contributed by atoms with Gasteiger partial charge in [-0.15, -0.1) is 0 Å². The molecule has 6 nitrogen and oxygen atoms in total. The lowest BCUT2D eigenvalue weighted by atomic mass is 10.2. The van der Waals surface area contributed by atoms with Crippen LogP contribution in [0.4, 0.5) is 4.39 Å². The lowest BCUT2D eigenvalue weighted by Crippen LogP contribution is -2.13. The van der Waals surface area contributed by atoms with Crippen LogP contribution in [0.25, 0.3) is 11.0 Å². The molecular formula is C16H18FN5O. The second-order valence-electron chi connectivity index (χ2n) is 4.79. The normalized spacial score (nSPS) is 10.3. The first-order valence-electron chi connectivity index (χ1n) is 6.58. The van der Waals surface area contributed by atoms with Crippen molar-refractivity contribution in [2.24, 2.45) is 5.73 Å². The lowest BCUT2D eigenvalue weighted by molar-refractivity contribution is 0.414. The smallest absolute Gasteiger partial charge is 0.159 e. The van der Waals surface area contributed by atoms with Crippen molar-refractivity contribution < 1.29 is 9.13 Å². The minimum Gasteiger partial charge on any atom is -0.497 e. The summed E-state index contributed by atoms with van der Waals surface area (Å²) in [4.78, 5) is 4.06. The highest BCUT2D eigenvalue weighted by atomic mass is 19.1. The summed E-state index contributed by atoms with van der Waals surface area (Å²) in [6.45, 7) is 0.437. The van der Waals surface area contributed by atoms with Crippen LogP contribution in [0.15, 0.2) is 36.5 Å². The van der Waals surface area contributed by atoms with Crippen molar-refractivity contribution in [1.29, 1.82) is 5.41 Å². The fourth-order valence-electron chi connectivity index (χ4n) is 2.25. The Morgan fingerprint density at radius 2 is 2.04 bits per heavy atom. The van der Waals surface area contributed by atoms with Crippen molar-refractivity contribution >= 4 is 16.9 Å². The molecule has 2 heterocycles. The van der Waals surface area contributed by atoms with Crippen molar-refractivity contribution in [3.63, 3.8) is 0 Å². The fourth-order valence-corrected chi connectivity index (χ4v) is 2.25. The quantitative estimate of drug-likeness (QED) is 0.572. The highest BCUT2D eigenvalue weighted by Crippen LogP contribution is 2.19. The molecule has 120 valence electrons. The molecule has 0 radical (unpaired) electrons. The molecule has 0 aliphatic heterocycles. The van der Waals surface area contributed by atoms with E-state index in [0.717, 1.165) is 17.5 Å². The molecule has 0 unspecified atom stereocenters. The zero-order valence-corrected chi connectivity index (χ0v) is 11.9. The van der Waals surface area contributed by atoms with Gasteiger partial charge in [-0.25, -0.2) is 14.1 Å². The van der Waals surface area contributed by atoms with Crippen molar-refractivity contribution in [3.8, 4) is 5.75 Å². The van der Waals surface area contributed by atoms with Gasteiger partial charge in [0.15, 0.2) is 5.65 Å². The van der Waals surface area contributed by atoms with E-state index < -0.39 is 5.82 Å². The van der Waals surface area contributed by atoms with Crippen molar-refractivity contribution in [1.82, 2.24) is 14.8 Å². The summed E-state index contributed by atoms with van der Waals surface area (Å²) < 4.78 is 20.1. The first kappa shape index (κ1) is 16.4. The number of nitrogens with two attached hydrogens (primary N) is 1. The number of nitrogens with one attached hydrogen (secondary N) is 1. The van der Waals surface area contributed by atoms with Crippen LogP contribution in [0.2, 0.25) is 0 Å². The summed E-state index contributed by atoms with van der Waals surface area (Å²) in [5.41, 5.74) is 7.21. The number of benzene rings is 1. The molecule has 0 amide bonds. The standard InChI is InChI=1S/C15H14FN5O.CH4/c1-22-11-4-2-9(3-5-11)8-21-15-12(6-10(16)7-19-15)13(20-21)14(17)18;/h2-7H,8H2,1H3,(H3,17,18);1H4. The van der Waals surface area contributed by atoms with Crippen LogP contribution in [0, 0.1) is 11.2 Å². The van der Waals surface area contributed by atoms with Crippen LogP contribution < -0.4 is 10.5 Å². The molecule has 3 aromatic rings. The summed E-state index contributed by atoms with van der Waals surface area (Å²) in [6, 6.07) is 8.79. The number of aromatic nitrogens is 3. The summed E-state index contributed by atoms with van der Waals surface area (Å²) in [6.07, 6.45) is 1.12. The average molecular weight is 315 g/mol. The van der Waals surface area contributed by atoms with Gasteiger partial charge >= 0.3 is 0 Å². The molecular weight excluding hydrogens is 297 g/mol. The molecule has 0 aliphatic carbocycles. The van der Waals surface area contributed by atoms with Crippen LogP contribution in [0.1, 0.15) is 18.7 Å². The number of hydrogen-bond acceptors (Lipinski definition) is 4. The van der Waals surface area contributed by atoms with E-state index in [1.165, 1.54) is 6.07 Å². The number of hydrogen-bond donors (Lipinski definition) is 2. The summed E-state index contributed by atoms with van der Waals surface area (Å²) in [5.74, 6) is 0.0589. The Labute approximate surface area is 133 Å². The van der Waals surface area contributed by atoms with Gasteiger partial charge in [0.25, 0.3) is 0 Å². The highest BCUT2D eigenvalue weighted by Gasteiger charge is 2.15. The number of rotatable bonds is 4. The van der Waals surface area contributed by atoms with E-state index >= 15 is 0 Å². The van der Waals surface area contributed by atoms with Crippen LogP contribution >= 0.6 is 0 Å². The van der Waals surface area contributed by atoms with E-state index in [1.807, 2.05) is 24.3 Å². The maximum atomic E-state index is 13.4. The minimum atomic E-state index is -0.487. The van der Waals surface area contributed by atoms with E-state index in [9.17, 15) is 4.39 Å². The summed E-state index contributed by atoms with van der Waals surface area (Å²) in [5, 5.41) is 12.3. The molecule has 0 fully saturated rings. The molecule has 7 heteroatoms. The Morgan fingerprint density at radius 3 is 2.65 bits per heavy atom. The van der Waals surface area contributed by atoms with Gasteiger partial charge in [0.2, 0.25) is 0 Å². The molecule has 3 rings (SSSR count). The second kappa shape index (κ2) is 6.43. The topological polar surface area (TPSA) is 89.8 Å². The van der Waals surface area contributed by atoms with Gasteiger partial charge < -0.3 is 10.5 Å². The highest BCUT2D eigenvalue weighted by molar-refractivity contribution is 6.04. The van der Waals surface area contributed by atoms with E-state index in [-0.39, 0.29) is 19.0 Å². The molecule has 23 heavy (non-hydrogen) atoms. The van der Waals surface area contributed by atoms with Crippen molar-refractivity contribution in [3.05, 3.63) is 53.6 Å². The molecule has 2 aromatic heterocycles. The lowest BCUT2D eigenvalue weighted by Gasteiger charge is -2.04. The Bertz CT molecular complexity index is 842. The fraction of sp³-hybridized carbons (Fsp3) is 0.188. The third-order valence-electron chi connectivity index (χ3n) is 3.30. The number of halogens is 1. The van der Waals surface area contributed by atoms with Crippen LogP contribution in [0.3, 0.4) is 0 Å². The first-order valence-corrected chi connectivity index (χ1v) is 6.58. The van der Waals surface area contributed by atoms with E-state index in [4.69, 9.17) is 15.9 Å². The number of nitrogen functional groups attached to an aromatic ring is 1. The number of pyridine rings is 1. The monoisotopic (exact) mass is 315 g/mol. The zero-order valence-electron chi connectivity index (χ0n) is 11.9. The molecule has 0 bridgehead atoms. The Morgan fingerprint density at radius 1 is 1.35 bits per heavy atom. The Kier molecular flexibility index (Phi) is 4.59. The van der Waals surface area contributed by atoms with E-state index in [0.29, 0.717) is 17.6 Å². The Hall–Kier alpha value is -2.96. The molecule has 3 N–H and O–H groups in total. The summed E-state index contributed by atoms with van der Waals surface area (Å²) >= 11 is 0. The largest absolute Gasteiger partial charge is 0.497 e. The Balaban J connectivity index is 0.00000192. The number of methoxy groups -OCH3 is 1. The maximum absolute atomic E-state index is 13.4. The molecule has 0 atom stereocenters. The van der Waals surface area contributed by atoms with Gasteiger partial charge in [-0.3, -0.25) is 5.41 Å². The van der Waals surface area contributed by atoms with E-state index in [2.05, 4.69) is 10.1 Å². The minimum absolute atomic E-state index is 0. The molecule has 0 saturated carbocycles. The van der Waals surface area contributed by atoms with Crippen molar-refractivity contribution in [2.45, 2.75) is 14.0 Å². The van der Waals surface area contributed by atoms with Gasteiger partial charge in [0, 0.05) is 0 Å². The zero-order chi connectivity index (χ0) is 15.7. The third kappa shape index (κ3) is 3.13. The van der Waals surface area contributed by atoms with Gasteiger partial charge in [0.05, 0.1) is 25.2 Å². The van der Waals surface area contributed by atoms with Crippen LogP contribution in [-0.4, -0.2) is 27.7 Å². The predicted molar refractivity (Wildman–Crippen MR) is 87.3 cm³/mol. The van der Waals surface area contributed by atoms with Crippen molar-refractivity contribution in [2.75, 3.05) is 7.11 Å². The molecule has 1 aromatic carbocycles.